The zero-order valence-corrected chi connectivity index (χ0v) is 17.4. The molecule has 2 rings (SSSR count). The molecular formula is C22H27NO6. The molecule has 7 nitrogen and oxygen atoms in total. The molecule has 2 aromatic carbocycles. The number of carbonyl (C=O) groups excluding carboxylic acids is 2. The maximum Gasteiger partial charge on any atom is 0.308 e. The number of methoxy groups -OCH3 is 3. The zero-order chi connectivity index (χ0) is 21.4. The number of hydrogen-bond acceptors (Lipinski definition) is 6. The second kappa shape index (κ2) is 10.4. The molecule has 0 aromatic heterocycles. The van der Waals surface area contributed by atoms with E-state index in [4.69, 9.17) is 18.9 Å². The van der Waals surface area contributed by atoms with Gasteiger partial charge in [-0.05, 0) is 43.7 Å². The van der Waals surface area contributed by atoms with Crippen molar-refractivity contribution in [2.45, 2.75) is 32.4 Å². The van der Waals surface area contributed by atoms with Crippen molar-refractivity contribution in [3.05, 3.63) is 53.6 Å². The van der Waals surface area contributed by atoms with Gasteiger partial charge in [0.05, 0.1) is 45.5 Å². The summed E-state index contributed by atoms with van der Waals surface area (Å²) in [5.74, 6) is 0.858. The minimum Gasteiger partial charge on any atom is -0.497 e. The summed E-state index contributed by atoms with van der Waals surface area (Å²) in [5.41, 5.74) is 1.09. The van der Waals surface area contributed by atoms with Gasteiger partial charge in [-0.3, -0.25) is 9.59 Å². The number of benzene rings is 2. The highest BCUT2D eigenvalue weighted by molar-refractivity contribution is 5.97. The summed E-state index contributed by atoms with van der Waals surface area (Å²) >= 11 is 0. The quantitative estimate of drug-likeness (QED) is 0.648. The Labute approximate surface area is 170 Å². The third-order valence-corrected chi connectivity index (χ3v) is 4.21. The molecule has 0 fully saturated rings. The molecule has 0 saturated heterocycles. The summed E-state index contributed by atoms with van der Waals surface area (Å²) < 4.78 is 20.9. The second-order valence-corrected chi connectivity index (χ2v) is 6.61. The highest BCUT2D eigenvalue weighted by Crippen LogP contribution is 2.27. The Kier molecular flexibility index (Phi) is 7.88. The van der Waals surface area contributed by atoms with Crippen LogP contribution < -0.4 is 19.5 Å². The van der Waals surface area contributed by atoms with E-state index in [0.717, 1.165) is 5.56 Å². The van der Waals surface area contributed by atoms with Crippen LogP contribution in [0.3, 0.4) is 0 Å². The number of esters is 1. The van der Waals surface area contributed by atoms with E-state index in [1.54, 1.807) is 63.4 Å². The van der Waals surface area contributed by atoms with Gasteiger partial charge in [0.25, 0.3) is 5.91 Å². The molecule has 0 saturated carbocycles. The molecule has 0 heterocycles. The van der Waals surface area contributed by atoms with Gasteiger partial charge in [0.1, 0.15) is 17.2 Å². The first-order valence-electron chi connectivity index (χ1n) is 9.24. The molecular weight excluding hydrogens is 374 g/mol. The summed E-state index contributed by atoms with van der Waals surface area (Å²) in [6.07, 6.45) is -0.245. The molecule has 1 atom stereocenters. The minimum atomic E-state index is -0.577. The molecule has 0 spiro atoms. The van der Waals surface area contributed by atoms with Crippen molar-refractivity contribution in [1.29, 1.82) is 0 Å². The van der Waals surface area contributed by atoms with Crippen molar-refractivity contribution in [3.8, 4) is 17.2 Å². The molecule has 7 heteroatoms. The maximum absolute atomic E-state index is 12.9. The van der Waals surface area contributed by atoms with Gasteiger partial charge < -0.3 is 24.3 Å². The molecule has 29 heavy (non-hydrogen) atoms. The van der Waals surface area contributed by atoms with Gasteiger partial charge in [0.15, 0.2) is 0 Å². The fourth-order valence-corrected chi connectivity index (χ4v) is 2.79. The molecule has 1 N–H and O–H groups in total. The Bertz CT molecular complexity index is 832. The molecule has 156 valence electrons. The van der Waals surface area contributed by atoms with E-state index in [9.17, 15) is 9.59 Å². The van der Waals surface area contributed by atoms with Crippen LogP contribution in [0.1, 0.15) is 42.2 Å². The average Bonchev–Trinajstić information content (AvgIpc) is 2.72. The lowest BCUT2D eigenvalue weighted by atomic mass is 10.0. The highest BCUT2D eigenvalue weighted by atomic mass is 16.5. The number of amides is 1. The Hall–Kier alpha value is -3.22. The minimum absolute atomic E-state index is 0.00524. The van der Waals surface area contributed by atoms with E-state index in [1.165, 1.54) is 14.2 Å². The first kappa shape index (κ1) is 22.1. The lowest BCUT2D eigenvalue weighted by Crippen LogP contribution is -2.31. The Balaban J connectivity index is 2.28. The van der Waals surface area contributed by atoms with Gasteiger partial charge in [-0.1, -0.05) is 12.1 Å². The summed E-state index contributed by atoms with van der Waals surface area (Å²) in [6, 6.07) is 11.5. The van der Waals surface area contributed by atoms with Crippen LogP contribution in [0.2, 0.25) is 0 Å². The van der Waals surface area contributed by atoms with E-state index in [0.29, 0.717) is 22.8 Å². The number of hydrogen-bond donors (Lipinski definition) is 1. The zero-order valence-electron chi connectivity index (χ0n) is 17.4. The van der Waals surface area contributed by atoms with Crippen LogP contribution in [-0.2, 0) is 9.53 Å². The van der Waals surface area contributed by atoms with Gasteiger partial charge in [0, 0.05) is 6.07 Å². The first-order chi connectivity index (χ1) is 13.9. The van der Waals surface area contributed by atoms with Gasteiger partial charge in [0.2, 0.25) is 0 Å². The summed E-state index contributed by atoms with van der Waals surface area (Å²) in [4.78, 5) is 25.2. The van der Waals surface area contributed by atoms with Crippen molar-refractivity contribution in [1.82, 2.24) is 5.32 Å². The topological polar surface area (TPSA) is 83.1 Å². The Morgan fingerprint density at radius 3 is 2.07 bits per heavy atom. The maximum atomic E-state index is 12.9. The van der Waals surface area contributed by atoms with E-state index >= 15 is 0 Å². The third kappa shape index (κ3) is 6.14. The number of rotatable bonds is 9. The average molecular weight is 401 g/mol. The normalized spacial score (nSPS) is 11.5. The monoisotopic (exact) mass is 401 g/mol. The van der Waals surface area contributed by atoms with E-state index < -0.39 is 12.0 Å². The predicted octanol–water partition coefficient (Wildman–Crippen LogP) is 3.53. The molecule has 0 aliphatic heterocycles. The van der Waals surface area contributed by atoms with Crippen LogP contribution >= 0.6 is 0 Å². The number of ether oxygens (including phenoxy) is 4. The summed E-state index contributed by atoms with van der Waals surface area (Å²) in [6.45, 7) is 3.56. The van der Waals surface area contributed by atoms with Crippen molar-refractivity contribution in [2.75, 3.05) is 21.3 Å². The Morgan fingerprint density at radius 1 is 0.897 bits per heavy atom. The van der Waals surface area contributed by atoms with Crippen molar-refractivity contribution in [3.63, 3.8) is 0 Å². The SMILES string of the molecule is COc1ccc([C@H](CC(=O)OC(C)C)NC(=O)c2ccc(OC)cc2OC)cc1. The number of nitrogens with one attached hydrogen (secondary N) is 1. The highest BCUT2D eigenvalue weighted by Gasteiger charge is 2.23. The first-order valence-corrected chi connectivity index (χ1v) is 9.24. The van der Waals surface area contributed by atoms with Gasteiger partial charge in [-0.25, -0.2) is 0 Å². The molecule has 0 unspecified atom stereocenters. The van der Waals surface area contributed by atoms with Crippen molar-refractivity contribution < 1.29 is 28.5 Å². The van der Waals surface area contributed by atoms with E-state index in [-0.39, 0.29) is 18.4 Å². The largest absolute Gasteiger partial charge is 0.497 e. The Morgan fingerprint density at radius 2 is 1.52 bits per heavy atom. The van der Waals surface area contributed by atoms with Gasteiger partial charge >= 0.3 is 5.97 Å². The standard InChI is InChI=1S/C22H27NO6/c1-14(2)29-21(24)13-19(15-6-8-16(26-3)9-7-15)23-22(25)18-11-10-17(27-4)12-20(18)28-5/h6-12,14,19H,13H2,1-5H3,(H,23,25)/t19-/m0/s1. The molecule has 2 aromatic rings. The van der Waals surface area contributed by atoms with Crippen LogP contribution in [0, 0.1) is 0 Å². The molecule has 0 aliphatic rings. The van der Waals surface area contributed by atoms with E-state index in [2.05, 4.69) is 5.32 Å². The van der Waals surface area contributed by atoms with Crippen LogP contribution in [0.25, 0.3) is 0 Å². The molecule has 0 radical (unpaired) electrons. The van der Waals surface area contributed by atoms with Crippen LogP contribution in [-0.4, -0.2) is 39.3 Å². The van der Waals surface area contributed by atoms with E-state index in [1.807, 2.05) is 0 Å². The molecule has 0 aliphatic carbocycles. The van der Waals surface area contributed by atoms with Crippen molar-refractivity contribution >= 4 is 11.9 Å². The predicted molar refractivity (Wildman–Crippen MR) is 109 cm³/mol. The van der Waals surface area contributed by atoms with Crippen molar-refractivity contribution in [2.24, 2.45) is 0 Å². The van der Waals surface area contributed by atoms with Crippen LogP contribution in [0.15, 0.2) is 42.5 Å². The fourth-order valence-electron chi connectivity index (χ4n) is 2.79. The van der Waals surface area contributed by atoms with Gasteiger partial charge in [-0.2, -0.15) is 0 Å². The second-order valence-electron chi connectivity index (χ2n) is 6.61. The number of carbonyl (C=O) groups is 2. The summed E-state index contributed by atoms with van der Waals surface area (Å²) in [5, 5.41) is 2.90. The lowest BCUT2D eigenvalue weighted by Gasteiger charge is -2.20. The van der Waals surface area contributed by atoms with Crippen LogP contribution in [0.4, 0.5) is 0 Å². The smallest absolute Gasteiger partial charge is 0.308 e. The lowest BCUT2D eigenvalue weighted by molar-refractivity contribution is -0.147. The molecule has 0 bridgehead atoms. The molecule has 1 amide bonds. The summed E-state index contributed by atoms with van der Waals surface area (Å²) in [7, 11) is 4.59. The van der Waals surface area contributed by atoms with Gasteiger partial charge in [-0.15, -0.1) is 0 Å². The third-order valence-electron chi connectivity index (χ3n) is 4.21. The van der Waals surface area contributed by atoms with Crippen LogP contribution in [0.5, 0.6) is 17.2 Å². The fraction of sp³-hybridized carbons (Fsp3) is 0.364.